The quantitative estimate of drug-likeness (QED) is 0.198. The molecule has 0 aliphatic rings. The molecule has 2 aromatic carbocycles. The number of hydrogen-bond donors (Lipinski definition) is 0. The minimum Gasteiger partial charge on any atom is -0.744 e. The fraction of sp³-hybridized carbons (Fsp3) is 0.538. The first-order valence-corrected chi connectivity index (χ1v) is 13.2. The van der Waals surface area contributed by atoms with Crippen molar-refractivity contribution in [1.29, 1.82) is 0 Å². The molecule has 0 saturated heterocycles. The van der Waals surface area contributed by atoms with E-state index >= 15 is 0 Å². The van der Waals surface area contributed by atoms with Gasteiger partial charge in [0.1, 0.15) is 21.6 Å². The summed E-state index contributed by atoms with van der Waals surface area (Å²) in [5.41, 5.74) is 1.15. The number of benzene rings is 2. The van der Waals surface area contributed by atoms with E-state index in [9.17, 15) is 13.0 Å². The molecule has 0 fully saturated rings. The first kappa shape index (κ1) is 29.8. The Labute approximate surface area is 237 Å². The van der Waals surface area contributed by atoms with Crippen LogP contribution in [-0.2, 0) is 16.5 Å². The van der Waals surface area contributed by atoms with Crippen molar-refractivity contribution >= 4 is 10.1 Å². The van der Waals surface area contributed by atoms with Gasteiger partial charge in [-0.05, 0) is 48.7 Å². The molecule has 172 valence electrons. The molecular formula is C26H37KO4S. The Kier molecular flexibility index (Phi) is 16.1. The first-order chi connectivity index (χ1) is 15.0. The van der Waals surface area contributed by atoms with Crippen LogP contribution >= 0.6 is 0 Å². The summed E-state index contributed by atoms with van der Waals surface area (Å²) < 4.78 is 39.1. The number of unbranched alkanes of at least 4 members (excludes halogenated alkanes) is 11. The Hall–Kier alpha value is -0.214. The fourth-order valence-electron chi connectivity index (χ4n) is 3.77. The van der Waals surface area contributed by atoms with E-state index in [4.69, 9.17) is 4.74 Å². The van der Waals surface area contributed by atoms with Gasteiger partial charge >= 0.3 is 51.4 Å². The summed E-state index contributed by atoms with van der Waals surface area (Å²) in [6.45, 7) is 2.26. The maximum atomic E-state index is 11.1. The van der Waals surface area contributed by atoms with E-state index in [-0.39, 0.29) is 56.3 Å². The van der Waals surface area contributed by atoms with E-state index < -0.39 is 10.1 Å². The van der Waals surface area contributed by atoms with Gasteiger partial charge < -0.3 is 9.29 Å². The average Bonchev–Trinajstić information content (AvgIpc) is 2.75. The molecule has 0 heterocycles. The van der Waals surface area contributed by atoms with Crippen molar-refractivity contribution in [2.75, 3.05) is 0 Å². The van der Waals surface area contributed by atoms with Gasteiger partial charge in [-0.3, -0.25) is 0 Å². The number of hydrogen-bond acceptors (Lipinski definition) is 4. The van der Waals surface area contributed by atoms with E-state index in [0.29, 0.717) is 5.75 Å². The van der Waals surface area contributed by atoms with E-state index in [0.717, 1.165) is 24.2 Å². The monoisotopic (exact) mass is 484 g/mol. The molecule has 4 nitrogen and oxygen atoms in total. The van der Waals surface area contributed by atoms with Crippen molar-refractivity contribution in [1.82, 2.24) is 0 Å². The minimum absolute atomic E-state index is 0. The molecule has 0 N–H and O–H groups in total. The second-order valence-electron chi connectivity index (χ2n) is 8.27. The molecule has 2 aromatic rings. The van der Waals surface area contributed by atoms with Crippen LogP contribution < -0.4 is 56.1 Å². The van der Waals surface area contributed by atoms with E-state index in [2.05, 4.69) is 13.0 Å². The molecule has 0 atom stereocenters. The minimum atomic E-state index is -4.44. The third-order valence-electron chi connectivity index (χ3n) is 5.61. The second-order valence-corrected chi connectivity index (χ2v) is 9.65. The molecule has 0 bridgehead atoms. The molecule has 32 heavy (non-hydrogen) atoms. The molecule has 6 heteroatoms. The molecule has 0 saturated carbocycles. The zero-order valence-corrected chi connectivity index (χ0v) is 23.8. The van der Waals surface area contributed by atoms with Crippen LogP contribution in [-0.4, -0.2) is 13.0 Å². The number of para-hydroxylation sites is 1. The molecule has 0 spiro atoms. The summed E-state index contributed by atoms with van der Waals surface area (Å²) in [4.78, 5) is -0.246. The number of aryl methyl sites for hydroxylation is 1. The summed E-state index contributed by atoms with van der Waals surface area (Å²) in [5, 5.41) is 0. The van der Waals surface area contributed by atoms with E-state index in [1.165, 1.54) is 94.9 Å². The third-order valence-corrected chi connectivity index (χ3v) is 6.46. The zero-order chi connectivity index (χ0) is 22.4. The van der Waals surface area contributed by atoms with Crippen molar-refractivity contribution < 1.29 is 69.1 Å². The van der Waals surface area contributed by atoms with Gasteiger partial charge in [0, 0.05) is 0 Å². The summed E-state index contributed by atoms with van der Waals surface area (Å²) in [6, 6.07) is 13.5. The Morgan fingerprint density at radius 1 is 0.719 bits per heavy atom. The van der Waals surface area contributed by atoms with Gasteiger partial charge in [-0.2, -0.15) is 0 Å². The molecular weight excluding hydrogens is 447 g/mol. The smallest absolute Gasteiger partial charge is 0.744 e. The summed E-state index contributed by atoms with van der Waals surface area (Å²) in [5.74, 6) is 1.30. The summed E-state index contributed by atoms with van der Waals surface area (Å²) >= 11 is 0. The number of rotatable bonds is 16. The second kappa shape index (κ2) is 17.3. The predicted octanol–water partition coefficient (Wildman–Crippen LogP) is 4.63. The van der Waals surface area contributed by atoms with Crippen molar-refractivity contribution in [2.24, 2.45) is 0 Å². The molecule has 0 aromatic heterocycles. The Bertz CT molecular complexity index is 850. The topological polar surface area (TPSA) is 66.4 Å². The molecule has 0 aliphatic heterocycles. The van der Waals surface area contributed by atoms with E-state index in [1.807, 2.05) is 18.2 Å². The van der Waals surface area contributed by atoms with Gasteiger partial charge in [-0.15, -0.1) is 0 Å². The molecule has 2 rings (SSSR count). The van der Waals surface area contributed by atoms with Gasteiger partial charge in [0.05, 0.1) is 4.90 Å². The van der Waals surface area contributed by atoms with Crippen LogP contribution in [0.25, 0.3) is 0 Å². The molecule has 0 amide bonds. The van der Waals surface area contributed by atoms with Gasteiger partial charge in [-0.1, -0.05) is 95.8 Å². The standard InChI is InChI=1S/C26H38O4S.K/c1-2-3-4-5-6-7-8-9-10-11-12-13-16-23-17-14-15-18-26(23)30-24-19-21-25(22-20-24)31(27,28)29;/h14-15,17-22H,2-13,16H2,1H3,(H,27,28,29);/q;+1/p-1. The maximum Gasteiger partial charge on any atom is 1.00 e. The van der Waals surface area contributed by atoms with Crippen molar-refractivity contribution in [3.05, 3.63) is 54.1 Å². The normalized spacial score (nSPS) is 11.2. The van der Waals surface area contributed by atoms with Crippen LogP contribution in [0.15, 0.2) is 53.4 Å². The summed E-state index contributed by atoms with van der Waals surface area (Å²) in [6.07, 6.45) is 16.9. The SMILES string of the molecule is CCCCCCCCCCCCCCc1ccccc1Oc1ccc(S(=O)(=O)[O-])cc1.[K+]. The van der Waals surface area contributed by atoms with Crippen LogP contribution in [0.4, 0.5) is 0 Å². The van der Waals surface area contributed by atoms with Gasteiger partial charge in [0.25, 0.3) is 0 Å². The molecule has 0 aliphatic carbocycles. The fourth-order valence-corrected chi connectivity index (χ4v) is 4.24. The van der Waals surface area contributed by atoms with Crippen molar-refractivity contribution in [3.8, 4) is 11.5 Å². The Morgan fingerprint density at radius 3 is 1.75 bits per heavy atom. The van der Waals surface area contributed by atoms with E-state index in [1.54, 1.807) is 0 Å². The zero-order valence-electron chi connectivity index (χ0n) is 19.9. The Balaban J connectivity index is 0.00000512. The van der Waals surface area contributed by atoms with Crippen LogP contribution in [0, 0.1) is 0 Å². The van der Waals surface area contributed by atoms with Crippen LogP contribution in [0.5, 0.6) is 11.5 Å². The first-order valence-electron chi connectivity index (χ1n) is 11.8. The Morgan fingerprint density at radius 2 is 1.22 bits per heavy atom. The molecule has 0 unspecified atom stereocenters. The predicted molar refractivity (Wildman–Crippen MR) is 126 cm³/mol. The van der Waals surface area contributed by atoms with Gasteiger partial charge in [0.15, 0.2) is 0 Å². The van der Waals surface area contributed by atoms with Crippen LogP contribution in [0.3, 0.4) is 0 Å². The van der Waals surface area contributed by atoms with Gasteiger partial charge in [-0.25, -0.2) is 8.42 Å². The third kappa shape index (κ3) is 12.3. The van der Waals surface area contributed by atoms with Crippen LogP contribution in [0.1, 0.15) is 89.5 Å². The summed E-state index contributed by atoms with van der Waals surface area (Å²) in [7, 11) is -4.44. The number of ether oxygens (including phenoxy) is 1. The van der Waals surface area contributed by atoms with Gasteiger partial charge in [0.2, 0.25) is 0 Å². The van der Waals surface area contributed by atoms with Crippen molar-refractivity contribution in [2.45, 2.75) is 95.3 Å². The van der Waals surface area contributed by atoms with Crippen molar-refractivity contribution in [3.63, 3.8) is 0 Å². The largest absolute Gasteiger partial charge is 1.00 e. The van der Waals surface area contributed by atoms with Crippen LogP contribution in [0.2, 0.25) is 0 Å². The molecule has 0 radical (unpaired) electrons. The maximum absolute atomic E-state index is 11.1. The average molecular weight is 485 g/mol.